The normalized spacial score (nSPS) is 11.4. The van der Waals surface area contributed by atoms with Gasteiger partial charge in [-0.2, -0.15) is 0 Å². The number of sulfonamides is 1. The zero-order valence-corrected chi connectivity index (χ0v) is 12.5. The number of carbonyl (C=O) groups is 1. The molecule has 19 heavy (non-hydrogen) atoms. The minimum atomic E-state index is -3.54. The first kappa shape index (κ1) is 15.7. The van der Waals surface area contributed by atoms with Crippen molar-refractivity contribution in [2.75, 3.05) is 13.1 Å². The minimum Gasteiger partial charge on any atom is -0.355 e. The van der Waals surface area contributed by atoms with Gasteiger partial charge >= 0.3 is 0 Å². The second-order valence-corrected chi connectivity index (χ2v) is 6.31. The van der Waals surface area contributed by atoms with Gasteiger partial charge in [-0.3, -0.25) is 4.79 Å². The molecule has 0 saturated carbocycles. The summed E-state index contributed by atoms with van der Waals surface area (Å²) in [7, 11) is -3.54. The van der Waals surface area contributed by atoms with Gasteiger partial charge in [0.2, 0.25) is 15.9 Å². The number of hydrogen-bond donors (Lipinski definition) is 2. The molecule has 1 rings (SSSR count). The summed E-state index contributed by atoms with van der Waals surface area (Å²) in [5.74, 6) is -0.179. The van der Waals surface area contributed by atoms with E-state index in [1.54, 1.807) is 13.8 Å². The molecule has 1 aromatic rings. The lowest BCUT2D eigenvalue weighted by Crippen LogP contribution is -2.34. The summed E-state index contributed by atoms with van der Waals surface area (Å²) in [5, 5.41) is 2.54. The third-order valence-electron chi connectivity index (χ3n) is 2.66. The average molecular weight is 284 g/mol. The molecular weight excluding hydrogens is 264 g/mol. The molecule has 0 aliphatic rings. The Morgan fingerprint density at radius 3 is 2.11 bits per heavy atom. The van der Waals surface area contributed by atoms with Gasteiger partial charge in [-0.05, 0) is 31.9 Å². The molecule has 0 fully saturated rings. The predicted octanol–water partition coefficient (Wildman–Crippen LogP) is 1.03. The van der Waals surface area contributed by atoms with Gasteiger partial charge in [0.25, 0.3) is 0 Å². The quantitative estimate of drug-likeness (QED) is 0.793. The highest BCUT2D eigenvalue weighted by Crippen LogP contribution is 2.21. The fraction of sp³-hybridized carbons (Fsp3) is 0.462. The number of amides is 1. The fourth-order valence-corrected chi connectivity index (χ4v) is 3.57. The number of carbonyl (C=O) groups excluding carboxylic acids is 1. The Morgan fingerprint density at radius 2 is 1.63 bits per heavy atom. The summed E-state index contributed by atoms with van der Waals surface area (Å²) < 4.78 is 26.9. The summed E-state index contributed by atoms with van der Waals surface area (Å²) in [6.07, 6.45) is 0. The van der Waals surface area contributed by atoms with E-state index in [4.69, 9.17) is 0 Å². The van der Waals surface area contributed by atoms with Crippen LogP contribution in [0.4, 0.5) is 0 Å². The van der Waals surface area contributed by atoms with Crippen LogP contribution in [0.3, 0.4) is 0 Å². The summed E-state index contributed by atoms with van der Waals surface area (Å²) >= 11 is 0. The highest BCUT2D eigenvalue weighted by Gasteiger charge is 2.19. The predicted molar refractivity (Wildman–Crippen MR) is 74.5 cm³/mol. The van der Waals surface area contributed by atoms with Crippen molar-refractivity contribution in [3.8, 4) is 0 Å². The van der Waals surface area contributed by atoms with Gasteiger partial charge in [0.05, 0.1) is 4.90 Å². The Hall–Kier alpha value is -1.40. The number of nitrogens with one attached hydrogen (secondary N) is 2. The van der Waals surface area contributed by atoms with Crippen molar-refractivity contribution in [1.29, 1.82) is 0 Å². The summed E-state index contributed by atoms with van der Waals surface area (Å²) in [6.45, 7) is 7.33. The monoisotopic (exact) mass is 284 g/mol. The molecule has 0 heterocycles. The van der Waals surface area contributed by atoms with Gasteiger partial charge in [0.1, 0.15) is 0 Å². The van der Waals surface area contributed by atoms with E-state index in [1.807, 2.05) is 19.1 Å². The molecule has 2 N–H and O–H groups in total. The molecule has 0 aliphatic heterocycles. The van der Waals surface area contributed by atoms with Crippen LogP contribution in [0.15, 0.2) is 17.0 Å². The molecule has 6 heteroatoms. The van der Waals surface area contributed by atoms with Crippen LogP contribution in [0, 0.1) is 20.8 Å². The first-order valence-electron chi connectivity index (χ1n) is 6.06. The first-order valence-corrected chi connectivity index (χ1v) is 7.54. The van der Waals surface area contributed by atoms with Crippen LogP contribution in [0.5, 0.6) is 0 Å². The topological polar surface area (TPSA) is 75.3 Å². The maximum Gasteiger partial charge on any atom is 0.241 e. The van der Waals surface area contributed by atoms with Crippen molar-refractivity contribution >= 4 is 15.9 Å². The molecule has 0 radical (unpaired) electrons. The molecule has 5 nitrogen and oxygen atoms in total. The Bertz CT molecular complexity index is 557. The Kier molecular flexibility index (Phi) is 5.08. The van der Waals surface area contributed by atoms with Crippen LogP contribution >= 0.6 is 0 Å². The van der Waals surface area contributed by atoms with Crippen molar-refractivity contribution < 1.29 is 13.2 Å². The van der Waals surface area contributed by atoms with Crippen LogP contribution in [0.1, 0.15) is 23.6 Å². The number of hydrogen-bond acceptors (Lipinski definition) is 3. The molecule has 0 spiro atoms. The largest absolute Gasteiger partial charge is 0.355 e. The van der Waals surface area contributed by atoms with E-state index in [9.17, 15) is 13.2 Å². The minimum absolute atomic E-state index is 0.175. The van der Waals surface area contributed by atoms with Crippen LogP contribution < -0.4 is 10.0 Å². The molecule has 0 aliphatic carbocycles. The van der Waals surface area contributed by atoms with Crippen LogP contribution in [0.25, 0.3) is 0 Å². The van der Waals surface area contributed by atoms with Gasteiger partial charge in [0, 0.05) is 20.0 Å². The number of aryl methyl sites for hydroxylation is 3. The second-order valence-electron chi connectivity index (χ2n) is 4.61. The highest BCUT2D eigenvalue weighted by molar-refractivity contribution is 7.89. The Balaban J connectivity index is 2.86. The summed E-state index contributed by atoms with van der Waals surface area (Å²) in [4.78, 5) is 11.0. The Morgan fingerprint density at radius 1 is 1.11 bits per heavy atom. The van der Waals surface area contributed by atoms with E-state index in [2.05, 4.69) is 10.0 Å². The second kappa shape index (κ2) is 6.16. The van der Waals surface area contributed by atoms with Crippen molar-refractivity contribution in [2.24, 2.45) is 0 Å². The maximum atomic E-state index is 12.2. The van der Waals surface area contributed by atoms with Gasteiger partial charge in [-0.1, -0.05) is 17.7 Å². The van der Waals surface area contributed by atoms with Crippen molar-refractivity contribution in [2.45, 2.75) is 32.6 Å². The van der Waals surface area contributed by atoms with Crippen LogP contribution in [0.2, 0.25) is 0 Å². The van der Waals surface area contributed by atoms with Gasteiger partial charge in [-0.25, -0.2) is 13.1 Å². The van der Waals surface area contributed by atoms with Crippen molar-refractivity contribution in [3.05, 3.63) is 28.8 Å². The SMILES string of the molecule is CC(=O)NCCNS(=O)(=O)c1c(C)cc(C)cc1C. The number of rotatable bonds is 5. The molecule has 106 valence electrons. The molecule has 1 amide bonds. The molecule has 0 unspecified atom stereocenters. The van der Waals surface area contributed by atoms with E-state index in [0.29, 0.717) is 4.90 Å². The van der Waals surface area contributed by atoms with E-state index < -0.39 is 10.0 Å². The third kappa shape index (κ3) is 4.33. The van der Waals surface area contributed by atoms with E-state index in [0.717, 1.165) is 16.7 Å². The standard InChI is InChI=1S/C13H20N2O3S/c1-9-7-10(2)13(11(3)8-9)19(17,18)15-6-5-14-12(4)16/h7-8,15H,5-6H2,1-4H3,(H,14,16). The average Bonchev–Trinajstić information content (AvgIpc) is 2.22. The van der Waals surface area contributed by atoms with Gasteiger partial charge in [0.15, 0.2) is 0 Å². The lowest BCUT2D eigenvalue weighted by Gasteiger charge is -2.13. The van der Waals surface area contributed by atoms with Crippen molar-refractivity contribution in [3.63, 3.8) is 0 Å². The van der Waals surface area contributed by atoms with Gasteiger partial charge in [-0.15, -0.1) is 0 Å². The first-order chi connectivity index (χ1) is 8.74. The summed E-state index contributed by atoms with van der Waals surface area (Å²) in [6, 6.07) is 3.69. The fourth-order valence-electron chi connectivity index (χ4n) is 2.09. The maximum absolute atomic E-state index is 12.2. The van der Waals surface area contributed by atoms with Gasteiger partial charge < -0.3 is 5.32 Å². The van der Waals surface area contributed by atoms with Crippen LogP contribution in [-0.4, -0.2) is 27.4 Å². The lowest BCUT2D eigenvalue weighted by molar-refractivity contribution is -0.118. The Labute approximate surface area is 114 Å². The van der Waals surface area contributed by atoms with Crippen molar-refractivity contribution in [1.82, 2.24) is 10.0 Å². The molecule has 1 aromatic carbocycles. The summed E-state index contributed by atoms with van der Waals surface area (Å²) in [5.41, 5.74) is 2.49. The zero-order chi connectivity index (χ0) is 14.6. The number of benzene rings is 1. The van der Waals surface area contributed by atoms with E-state index >= 15 is 0 Å². The van der Waals surface area contributed by atoms with Crippen LogP contribution in [-0.2, 0) is 14.8 Å². The van der Waals surface area contributed by atoms with E-state index in [-0.39, 0.29) is 19.0 Å². The molecule has 0 aromatic heterocycles. The van der Waals surface area contributed by atoms with E-state index in [1.165, 1.54) is 6.92 Å². The highest BCUT2D eigenvalue weighted by atomic mass is 32.2. The third-order valence-corrected chi connectivity index (χ3v) is 4.43. The lowest BCUT2D eigenvalue weighted by atomic mass is 10.1. The molecule has 0 saturated heterocycles. The molecular formula is C13H20N2O3S. The zero-order valence-electron chi connectivity index (χ0n) is 11.7. The molecule has 0 atom stereocenters. The molecule has 0 bridgehead atoms. The smallest absolute Gasteiger partial charge is 0.241 e.